The molecule has 0 aliphatic carbocycles. The van der Waals surface area contributed by atoms with Crippen LogP contribution in [0.25, 0.3) is 11.2 Å². The van der Waals surface area contributed by atoms with Crippen LogP contribution in [0.1, 0.15) is 12.6 Å². The maximum atomic E-state index is 9.91. The molecule has 1 fully saturated rings. The van der Waals surface area contributed by atoms with E-state index in [0.29, 0.717) is 23.1 Å². The number of aromatic amines is 1. The highest BCUT2D eigenvalue weighted by Gasteiger charge is 2.36. The maximum absolute atomic E-state index is 9.91. The molecule has 1 aliphatic heterocycles. The van der Waals surface area contributed by atoms with Crippen LogP contribution >= 0.6 is 0 Å². The lowest BCUT2D eigenvalue weighted by Crippen LogP contribution is -2.29. The third-order valence-corrected chi connectivity index (χ3v) is 3.55. The molecule has 9 heteroatoms. The molecule has 3 atom stereocenters. The van der Waals surface area contributed by atoms with Gasteiger partial charge in [0, 0.05) is 13.5 Å². The number of hydrogen-bond acceptors (Lipinski definition) is 7. The number of nitrogens with zero attached hydrogens (tertiary/aromatic N) is 4. The summed E-state index contributed by atoms with van der Waals surface area (Å²) in [5.74, 6) is 0. The second kappa shape index (κ2) is 5.43. The summed E-state index contributed by atoms with van der Waals surface area (Å²) in [6.45, 7) is -0.251. The lowest BCUT2D eigenvalue weighted by atomic mass is 10.2. The summed E-state index contributed by atoms with van der Waals surface area (Å²) in [6.07, 6.45) is -0.0626. The number of fused-ring (bicyclic) bond motifs is 1. The topological polar surface area (TPSA) is 118 Å². The fourth-order valence-electron chi connectivity index (χ4n) is 2.55. The molecule has 0 aromatic carbocycles. The highest BCUT2D eigenvalue weighted by molar-refractivity contribution is 5.68. The van der Waals surface area contributed by atoms with E-state index < -0.39 is 18.4 Å². The Morgan fingerprint density at radius 3 is 3.05 bits per heavy atom. The van der Waals surface area contributed by atoms with Crippen LogP contribution in [0.15, 0.2) is 11.3 Å². The van der Waals surface area contributed by atoms with Crippen LogP contribution in [-0.4, -0.2) is 62.7 Å². The molecule has 3 rings (SSSR count). The molecule has 21 heavy (non-hydrogen) atoms. The van der Waals surface area contributed by atoms with Crippen molar-refractivity contribution in [3.63, 3.8) is 0 Å². The molecule has 9 nitrogen and oxygen atoms in total. The molecule has 3 heterocycles. The lowest BCUT2D eigenvalue weighted by Gasteiger charge is -2.18. The van der Waals surface area contributed by atoms with Gasteiger partial charge in [0.25, 0.3) is 0 Å². The fourth-order valence-corrected chi connectivity index (χ4v) is 2.55. The van der Waals surface area contributed by atoms with E-state index in [1.165, 1.54) is 13.4 Å². The summed E-state index contributed by atoms with van der Waals surface area (Å²) >= 11 is 0. The molecule has 1 unspecified atom stereocenters. The van der Waals surface area contributed by atoms with E-state index in [9.17, 15) is 10.2 Å². The van der Waals surface area contributed by atoms with Gasteiger partial charge in [-0.3, -0.25) is 9.56 Å². The first-order chi connectivity index (χ1) is 10.2. The third-order valence-electron chi connectivity index (χ3n) is 3.55. The predicted molar refractivity (Wildman–Crippen MR) is 71.5 cm³/mol. The van der Waals surface area contributed by atoms with Gasteiger partial charge in [-0.25, -0.2) is 4.98 Å². The van der Waals surface area contributed by atoms with Crippen LogP contribution < -0.4 is 10.2 Å². The van der Waals surface area contributed by atoms with E-state index in [0.717, 1.165) is 0 Å². The van der Waals surface area contributed by atoms with E-state index in [1.54, 1.807) is 11.6 Å². The molecule has 1 saturated heterocycles. The minimum absolute atomic E-state index is 0.251. The van der Waals surface area contributed by atoms with Crippen LogP contribution in [-0.2, 0) is 4.74 Å². The second-order valence-corrected chi connectivity index (χ2v) is 4.73. The predicted octanol–water partition coefficient (Wildman–Crippen LogP) is -1.06. The van der Waals surface area contributed by atoms with Gasteiger partial charge in [-0.2, -0.15) is 4.98 Å². The quantitative estimate of drug-likeness (QED) is 0.664. The number of hydrogen-bond donors (Lipinski definition) is 3. The molecule has 3 N–H and O–H groups in total. The van der Waals surface area contributed by atoms with Crippen molar-refractivity contribution in [2.24, 2.45) is 4.99 Å². The van der Waals surface area contributed by atoms with Crippen LogP contribution in [0.5, 0.6) is 6.01 Å². The fraction of sp³-hybridized carbons (Fsp3) is 0.583. The molecule has 0 saturated carbocycles. The summed E-state index contributed by atoms with van der Waals surface area (Å²) in [5, 5.41) is 19.1. The number of imidazole rings is 1. The first-order valence-corrected chi connectivity index (χ1v) is 6.56. The zero-order valence-electron chi connectivity index (χ0n) is 11.7. The Kier molecular flexibility index (Phi) is 3.62. The molecule has 0 bridgehead atoms. The van der Waals surface area contributed by atoms with Gasteiger partial charge in [0.15, 0.2) is 11.1 Å². The third kappa shape index (κ3) is 2.19. The van der Waals surface area contributed by atoms with Gasteiger partial charge < -0.3 is 24.7 Å². The van der Waals surface area contributed by atoms with Gasteiger partial charge in [-0.15, -0.1) is 0 Å². The maximum Gasteiger partial charge on any atom is 0.301 e. The largest absolute Gasteiger partial charge is 0.468 e. The van der Waals surface area contributed by atoms with Crippen molar-refractivity contribution in [3.8, 4) is 6.01 Å². The Morgan fingerprint density at radius 2 is 2.43 bits per heavy atom. The molecule has 114 valence electrons. The zero-order chi connectivity index (χ0) is 15.0. The Balaban J connectivity index is 2.17. The van der Waals surface area contributed by atoms with Crippen LogP contribution in [0.4, 0.5) is 0 Å². The Bertz CT molecular complexity index is 709. The number of aliphatic hydroxyl groups excluding tert-OH is 2. The van der Waals surface area contributed by atoms with Crippen molar-refractivity contribution in [1.29, 1.82) is 0 Å². The van der Waals surface area contributed by atoms with Gasteiger partial charge >= 0.3 is 6.01 Å². The van der Waals surface area contributed by atoms with Crippen molar-refractivity contribution in [2.45, 2.75) is 24.9 Å². The normalized spacial score (nSPS) is 26.7. The number of ether oxygens (including phenoxy) is 2. The van der Waals surface area contributed by atoms with E-state index >= 15 is 0 Å². The van der Waals surface area contributed by atoms with Crippen molar-refractivity contribution in [3.05, 3.63) is 11.8 Å². The first-order valence-electron chi connectivity index (χ1n) is 6.56. The van der Waals surface area contributed by atoms with Gasteiger partial charge in [-0.05, 0) is 0 Å². The summed E-state index contributed by atoms with van der Waals surface area (Å²) in [5.41, 5.74) is 1.70. The Labute approximate surface area is 119 Å². The summed E-state index contributed by atoms with van der Waals surface area (Å²) in [4.78, 5) is 15.6. The molecule has 0 spiro atoms. The molecular formula is C12H17N5O4. The molecule has 0 amide bonds. The number of rotatable bonds is 3. The second-order valence-electron chi connectivity index (χ2n) is 4.73. The van der Waals surface area contributed by atoms with E-state index in [-0.39, 0.29) is 12.6 Å². The summed E-state index contributed by atoms with van der Waals surface area (Å²) in [6, 6.07) is 0.283. The molecule has 1 aliphatic rings. The average Bonchev–Trinajstić information content (AvgIpc) is 3.10. The molecular weight excluding hydrogens is 278 g/mol. The van der Waals surface area contributed by atoms with E-state index in [4.69, 9.17) is 9.47 Å². The van der Waals surface area contributed by atoms with Crippen molar-refractivity contribution >= 4 is 11.2 Å². The average molecular weight is 295 g/mol. The number of methoxy groups -OCH3 is 1. The minimum atomic E-state index is -0.751. The van der Waals surface area contributed by atoms with Crippen LogP contribution in [0.3, 0.4) is 0 Å². The molecule has 2 aromatic heterocycles. The van der Waals surface area contributed by atoms with Gasteiger partial charge in [0.05, 0.1) is 26.1 Å². The monoisotopic (exact) mass is 295 g/mol. The van der Waals surface area contributed by atoms with Crippen molar-refractivity contribution in [1.82, 2.24) is 19.5 Å². The highest BCUT2D eigenvalue weighted by Crippen LogP contribution is 2.30. The number of H-pyrrole nitrogens is 1. The van der Waals surface area contributed by atoms with Gasteiger partial charge in [0.1, 0.15) is 17.8 Å². The standard InChI is InChI=1S/C12H17N5O4/c1-13-11-9-10(15-5-14-9)16-12(20-2)17(11)8-3-6(19)7(4-18)21-8/h5-8,18-19H,3-4H2,1-2H3,(H,14,15)/t6-,7+,8?/m0/s1. The van der Waals surface area contributed by atoms with E-state index in [1.807, 2.05) is 0 Å². The number of aromatic nitrogens is 4. The smallest absolute Gasteiger partial charge is 0.301 e. The SMILES string of the molecule is CN=c1c2[nH]cnc2nc(OC)n1C1C[C@H](O)[C@@H](CO)O1. The Hall–Kier alpha value is -1.97. The van der Waals surface area contributed by atoms with Crippen LogP contribution in [0, 0.1) is 0 Å². The summed E-state index contributed by atoms with van der Waals surface area (Å²) in [7, 11) is 3.13. The van der Waals surface area contributed by atoms with Gasteiger partial charge in [-0.1, -0.05) is 0 Å². The van der Waals surface area contributed by atoms with Crippen molar-refractivity contribution in [2.75, 3.05) is 20.8 Å². The minimum Gasteiger partial charge on any atom is -0.468 e. The van der Waals surface area contributed by atoms with Crippen LogP contribution in [0.2, 0.25) is 0 Å². The molecule has 2 aromatic rings. The van der Waals surface area contributed by atoms with Crippen molar-refractivity contribution < 1.29 is 19.7 Å². The summed E-state index contributed by atoms with van der Waals surface area (Å²) < 4.78 is 12.6. The van der Waals surface area contributed by atoms with E-state index in [2.05, 4.69) is 19.9 Å². The first kappa shape index (κ1) is 14.0. The number of aliphatic hydroxyl groups is 2. The lowest BCUT2D eigenvalue weighted by molar-refractivity contribution is -0.0480. The Morgan fingerprint density at radius 1 is 1.62 bits per heavy atom. The number of nitrogens with one attached hydrogen (secondary N) is 1. The molecule has 0 radical (unpaired) electrons. The van der Waals surface area contributed by atoms with Gasteiger partial charge in [0.2, 0.25) is 0 Å². The highest BCUT2D eigenvalue weighted by atomic mass is 16.5. The zero-order valence-corrected chi connectivity index (χ0v) is 11.7.